The molecule has 2 aromatic rings. The summed E-state index contributed by atoms with van der Waals surface area (Å²) in [5.41, 5.74) is 6.34. The highest BCUT2D eigenvalue weighted by molar-refractivity contribution is 5.52. The van der Waals surface area contributed by atoms with Crippen molar-refractivity contribution in [1.29, 1.82) is 0 Å². The smallest absolute Gasteiger partial charge is 0.258 e. The normalized spacial score (nSPS) is 12.6. The lowest BCUT2D eigenvalue weighted by molar-refractivity contribution is 0.130. The average molecular weight is 251 g/mol. The highest BCUT2D eigenvalue weighted by Crippen LogP contribution is 2.19. The second kappa shape index (κ2) is 5.70. The SMILES string of the molecule is CCOCC(N)c1noc(-c2cccc(F)c2)n1. The molecule has 0 radical (unpaired) electrons. The van der Waals surface area contributed by atoms with Crippen LogP contribution in [0.5, 0.6) is 0 Å². The second-order valence-corrected chi connectivity index (χ2v) is 3.73. The van der Waals surface area contributed by atoms with Gasteiger partial charge in [0.05, 0.1) is 12.6 Å². The van der Waals surface area contributed by atoms with Crippen LogP contribution in [0.3, 0.4) is 0 Å². The van der Waals surface area contributed by atoms with E-state index in [2.05, 4.69) is 10.1 Å². The molecule has 0 saturated heterocycles. The van der Waals surface area contributed by atoms with Crippen LogP contribution >= 0.6 is 0 Å². The van der Waals surface area contributed by atoms with Gasteiger partial charge in [-0.3, -0.25) is 0 Å². The van der Waals surface area contributed by atoms with Crippen LogP contribution in [0.25, 0.3) is 11.5 Å². The standard InChI is InChI=1S/C12H14FN3O2/c1-2-17-7-10(14)11-15-12(18-16-11)8-4-3-5-9(13)6-8/h3-6,10H,2,7,14H2,1H3. The van der Waals surface area contributed by atoms with Gasteiger partial charge in [-0.15, -0.1) is 0 Å². The first-order chi connectivity index (χ1) is 8.70. The third kappa shape index (κ3) is 2.91. The fourth-order valence-corrected chi connectivity index (χ4v) is 1.44. The van der Waals surface area contributed by atoms with Gasteiger partial charge in [-0.05, 0) is 25.1 Å². The van der Waals surface area contributed by atoms with E-state index in [1.807, 2.05) is 6.92 Å². The van der Waals surface area contributed by atoms with Crippen LogP contribution in [0, 0.1) is 5.82 Å². The van der Waals surface area contributed by atoms with Crippen LogP contribution in [0.4, 0.5) is 4.39 Å². The summed E-state index contributed by atoms with van der Waals surface area (Å²) in [5, 5.41) is 3.76. The minimum atomic E-state index is -0.448. The number of nitrogens with zero attached hydrogens (tertiary/aromatic N) is 2. The maximum absolute atomic E-state index is 13.1. The summed E-state index contributed by atoms with van der Waals surface area (Å²) < 4.78 is 23.3. The van der Waals surface area contributed by atoms with Gasteiger partial charge in [-0.25, -0.2) is 4.39 Å². The Hall–Kier alpha value is -1.79. The molecule has 0 fully saturated rings. The topological polar surface area (TPSA) is 74.2 Å². The van der Waals surface area contributed by atoms with E-state index in [9.17, 15) is 4.39 Å². The largest absolute Gasteiger partial charge is 0.380 e. The number of hydrogen-bond acceptors (Lipinski definition) is 5. The van der Waals surface area contributed by atoms with E-state index in [1.165, 1.54) is 12.1 Å². The number of benzene rings is 1. The molecule has 1 aromatic heterocycles. The molecule has 0 amide bonds. The van der Waals surface area contributed by atoms with Crippen LogP contribution in [0.15, 0.2) is 28.8 Å². The van der Waals surface area contributed by atoms with Crippen LogP contribution in [0.2, 0.25) is 0 Å². The van der Waals surface area contributed by atoms with Gasteiger partial charge in [0.1, 0.15) is 5.82 Å². The van der Waals surface area contributed by atoms with E-state index in [0.717, 1.165) is 0 Å². The molecule has 1 aromatic carbocycles. The Morgan fingerprint density at radius 2 is 2.33 bits per heavy atom. The summed E-state index contributed by atoms with van der Waals surface area (Å²) >= 11 is 0. The summed E-state index contributed by atoms with van der Waals surface area (Å²) in [7, 11) is 0. The van der Waals surface area contributed by atoms with Gasteiger partial charge in [0.25, 0.3) is 5.89 Å². The van der Waals surface area contributed by atoms with Crippen molar-refractivity contribution >= 4 is 0 Å². The monoisotopic (exact) mass is 251 g/mol. The predicted octanol–water partition coefficient (Wildman–Crippen LogP) is 1.91. The van der Waals surface area contributed by atoms with Crippen molar-refractivity contribution < 1.29 is 13.7 Å². The van der Waals surface area contributed by atoms with E-state index < -0.39 is 6.04 Å². The summed E-state index contributed by atoms with van der Waals surface area (Å²) in [4.78, 5) is 4.12. The van der Waals surface area contributed by atoms with Gasteiger partial charge >= 0.3 is 0 Å². The molecule has 18 heavy (non-hydrogen) atoms. The Labute approximate surface area is 104 Å². The van der Waals surface area contributed by atoms with E-state index >= 15 is 0 Å². The Morgan fingerprint density at radius 1 is 1.50 bits per heavy atom. The van der Waals surface area contributed by atoms with E-state index in [-0.39, 0.29) is 11.7 Å². The number of ether oxygens (including phenoxy) is 1. The molecular weight excluding hydrogens is 237 g/mol. The molecule has 0 aliphatic carbocycles. The first-order valence-electron chi connectivity index (χ1n) is 5.63. The number of rotatable bonds is 5. The Morgan fingerprint density at radius 3 is 3.06 bits per heavy atom. The van der Waals surface area contributed by atoms with Crippen molar-refractivity contribution in [3.8, 4) is 11.5 Å². The maximum Gasteiger partial charge on any atom is 0.258 e. The molecular formula is C12H14FN3O2. The van der Waals surface area contributed by atoms with Crippen molar-refractivity contribution in [2.75, 3.05) is 13.2 Å². The molecule has 2 rings (SSSR count). The molecule has 0 saturated carbocycles. The fraction of sp³-hybridized carbons (Fsp3) is 0.333. The zero-order chi connectivity index (χ0) is 13.0. The van der Waals surface area contributed by atoms with Crippen molar-refractivity contribution in [3.63, 3.8) is 0 Å². The van der Waals surface area contributed by atoms with Crippen LogP contribution in [-0.2, 0) is 4.74 Å². The van der Waals surface area contributed by atoms with Gasteiger partial charge in [0.2, 0.25) is 0 Å². The molecule has 0 aliphatic heterocycles. The third-order valence-electron chi connectivity index (χ3n) is 2.35. The van der Waals surface area contributed by atoms with E-state index in [4.69, 9.17) is 15.0 Å². The van der Waals surface area contributed by atoms with Crippen LogP contribution < -0.4 is 5.73 Å². The number of aromatic nitrogens is 2. The number of nitrogens with two attached hydrogens (primary N) is 1. The molecule has 96 valence electrons. The molecule has 6 heteroatoms. The Kier molecular flexibility index (Phi) is 4.01. The van der Waals surface area contributed by atoms with E-state index in [1.54, 1.807) is 12.1 Å². The summed E-state index contributed by atoms with van der Waals surface area (Å²) in [6.07, 6.45) is 0. The molecule has 1 heterocycles. The first kappa shape index (κ1) is 12.7. The maximum atomic E-state index is 13.1. The van der Waals surface area contributed by atoms with Gasteiger partial charge in [-0.1, -0.05) is 11.2 Å². The zero-order valence-electron chi connectivity index (χ0n) is 9.97. The van der Waals surface area contributed by atoms with Gasteiger partial charge in [-0.2, -0.15) is 4.98 Å². The molecule has 5 nitrogen and oxygen atoms in total. The van der Waals surface area contributed by atoms with Gasteiger partial charge < -0.3 is 15.0 Å². The minimum Gasteiger partial charge on any atom is -0.380 e. The van der Waals surface area contributed by atoms with Crippen molar-refractivity contribution in [1.82, 2.24) is 10.1 Å². The quantitative estimate of drug-likeness (QED) is 0.878. The van der Waals surface area contributed by atoms with Crippen LogP contribution in [0.1, 0.15) is 18.8 Å². The van der Waals surface area contributed by atoms with E-state index in [0.29, 0.717) is 24.6 Å². The highest BCUT2D eigenvalue weighted by Gasteiger charge is 2.15. The lowest BCUT2D eigenvalue weighted by Crippen LogP contribution is -2.18. The lowest BCUT2D eigenvalue weighted by atomic mass is 10.2. The Balaban J connectivity index is 2.15. The summed E-state index contributed by atoms with van der Waals surface area (Å²) in [6, 6.07) is 5.49. The molecule has 0 aliphatic rings. The number of halogens is 1. The molecule has 2 N–H and O–H groups in total. The predicted molar refractivity (Wildman–Crippen MR) is 63.1 cm³/mol. The summed E-state index contributed by atoms with van der Waals surface area (Å²) in [5.74, 6) is 0.241. The number of hydrogen-bond donors (Lipinski definition) is 1. The third-order valence-corrected chi connectivity index (χ3v) is 2.35. The lowest BCUT2D eigenvalue weighted by Gasteiger charge is -2.05. The Bertz CT molecular complexity index is 516. The fourth-order valence-electron chi connectivity index (χ4n) is 1.44. The molecule has 0 spiro atoms. The highest BCUT2D eigenvalue weighted by atomic mass is 19.1. The second-order valence-electron chi connectivity index (χ2n) is 3.73. The van der Waals surface area contributed by atoms with Crippen molar-refractivity contribution in [2.45, 2.75) is 13.0 Å². The zero-order valence-corrected chi connectivity index (χ0v) is 9.97. The molecule has 0 bridgehead atoms. The summed E-state index contributed by atoms with van der Waals surface area (Å²) in [6.45, 7) is 2.77. The first-order valence-corrected chi connectivity index (χ1v) is 5.63. The van der Waals surface area contributed by atoms with Gasteiger partial charge in [0.15, 0.2) is 5.82 Å². The van der Waals surface area contributed by atoms with Crippen LogP contribution in [-0.4, -0.2) is 23.4 Å². The minimum absolute atomic E-state index is 0.247. The molecule has 1 unspecified atom stereocenters. The van der Waals surface area contributed by atoms with Gasteiger partial charge in [0, 0.05) is 12.2 Å². The van der Waals surface area contributed by atoms with Crippen molar-refractivity contribution in [2.24, 2.45) is 5.73 Å². The average Bonchev–Trinajstić information content (AvgIpc) is 2.85. The molecule has 1 atom stereocenters. The van der Waals surface area contributed by atoms with Crippen molar-refractivity contribution in [3.05, 3.63) is 35.9 Å².